The maximum atomic E-state index is 13.6. The van der Waals surface area contributed by atoms with Crippen LogP contribution in [0.25, 0.3) is 0 Å². The first-order chi connectivity index (χ1) is 10.1. The number of nitrogens with one attached hydrogen (secondary N) is 1. The molecule has 0 aliphatic heterocycles. The summed E-state index contributed by atoms with van der Waals surface area (Å²) in [5.74, 6) is -0.872. The monoisotopic (exact) mass is 295 g/mol. The predicted molar refractivity (Wildman–Crippen MR) is 76.0 cm³/mol. The van der Waals surface area contributed by atoms with E-state index in [1.165, 1.54) is 6.07 Å². The number of rotatable bonds is 7. The molecular formula is C15H19F2N3O. The highest BCUT2D eigenvalue weighted by Gasteiger charge is 2.10. The van der Waals surface area contributed by atoms with E-state index in [1.54, 1.807) is 18.0 Å². The van der Waals surface area contributed by atoms with Gasteiger partial charge in [-0.1, -0.05) is 0 Å². The Morgan fingerprint density at radius 2 is 2.10 bits per heavy atom. The summed E-state index contributed by atoms with van der Waals surface area (Å²) in [5.41, 5.74) is 2.26. The molecule has 0 bridgehead atoms. The van der Waals surface area contributed by atoms with Crippen molar-refractivity contribution in [2.75, 3.05) is 20.3 Å². The lowest BCUT2D eigenvalue weighted by molar-refractivity contribution is 0.199. The molecule has 0 amide bonds. The molecule has 0 saturated heterocycles. The molecule has 1 N–H and O–H groups in total. The summed E-state index contributed by atoms with van der Waals surface area (Å²) in [7, 11) is 1.65. The Balaban J connectivity index is 2.04. The number of ether oxygens (including phenoxy) is 1. The van der Waals surface area contributed by atoms with Crippen molar-refractivity contribution < 1.29 is 13.5 Å². The van der Waals surface area contributed by atoms with Gasteiger partial charge in [0.15, 0.2) is 0 Å². The van der Waals surface area contributed by atoms with Gasteiger partial charge in [-0.2, -0.15) is 5.10 Å². The zero-order chi connectivity index (χ0) is 15.2. The van der Waals surface area contributed by atoms with Crippen LogP contribution in [0.15, 0.2) is 24.4 Å². The lowest BCUT2D eigenvalue weighted by atomic mass is 10.2. The van der Waals surface area contributed by atoms with E-state index in [2.05, 4.69) is 10.4 Å². The number of nitrogens with zero attached hydrogens (tertiary/aromatic N) is 2. The van der Waals surface area contributed by atoms with E-state index in [1.807, 2.05) is 6.92 Å². The van der Waals surface area contributed by atoms with Crippen LogP contribution in [0.4, 0.5) is 8.78 Å². The Hall–Kier alpha value is -1.79. The molecule has 0 unspecified atom stereocenters. The van der Waals surface area contributed by atoms with Crippen LogP contribution in [0.5, 0.6) is 0 Å². The van der Waals surface area contributed by atoms with E-state index in [0.29, 0.717) is 18.7 Å². The second-order valence-electron chi connectivity index (χ2n) is 4.82. The van der Waals surface area contributed by atoms with Crippen molar-refractivity contribution in [3.05, 3.63) is 52.9 Å². The highest BCUT2D eigenvalue weighted by Crippen LogP contribution is 2.14. The zero-order valence-corrected chi connectivity index (χ0v) is 12.2. The lowest BCUT2D eigenvalue weighted by Crippen LogP contribution is -2.19. The van der Waals surface area contributed by atoms with Gasteiger partial charge < -0.3 is 10.1 Å². The first-order valence-electron chi connectivity index (χ1n) is 6.76. The van der Waals surface area contributed by atoms with Crippen LogP contribution in [-0.4, -0.2) is 30.0 Å². The van der Waals surface area contributed by atoms with Gasteiger partial charge >= 0.3 is 0 Å². The van der Waals surface area contributed by atoms with Crippen LogP contribution in [0.1, 0.15) is 16.8 Å². The first kappa shape index (κ1) is 15.6. The zero-order valence-electron chi connectivity index (χ0n) is 12.2. The standard InChI is InChI=1S/C15H19F2N3O/c1-11-13(8-18-5-6-21-2)9-19-20(11)10-12-7-14(16)3-4-15(12)17/h3-4,7,9,18H,5-6,8,10H2,1-2H3. The Morgan fingerprint density at radius 1 is 1.29 bits per heavy atom. The molecular weight excluding hydrogens is 276 g/mol. The summed E-state index contributed by atoms with van der Waals surface area (Å²) in [5, 5.41) is 7.47. The van der Waals surface area contributed by atoms with Gasteiger partial charge in [-0.15, -0.1) is 0 Å². The van der Waals surface area contributed by atoms with E-state index >= 15 is 0 Å². The van der Waals surface area contributed by atoms with Crippen molar-refractivity contribution in [3.63, 3.8) is 0 Å². The highest BCUT2D eigenvalue weighted by molar-refractivity contribution is 5.22. The number of aromatic nitrogens is 2. The van der Waals surface area contributed by atoms with Crippen molar-refractivity contribution in [1.29, 1.82) is 0 Å². The minimum absolute atomic E-state index is 0.216. The number of benzene rings is 1. The smallest absolute Gasteiger partial charge is 0.128 e. The molecule has 0 fully saturated rings. The fourth-order valence-electron chi connectivity index (χ4n) is 2.04. The van der Waals surface area contributed by atoms with Crippen LogP contribution in [0.3, 0.4) is 0 Å². The van der Waals surface area contributed by atoms with Crippen LogP contribution in [-0.2, 0) is 17.8 Å². The van der Waals surface area contributed by atoms with Crippen molar-refractivity contribution in [2.24, 2.45) is 0 Å². The van der Waals surface area contributed by atoms with Gasteiger partial charge in [0.25, 0.3) is 0 Å². The van der Waals surface area contributed by atoms with Crippen molar-refractivity contribution in [3.8, 4) is 0 Å². The summed E-state index contributed by atoms with van der Waals surface area (Å²) in [4.78, 5) is 0. The van der Waals surface area contributed by atoms with Gasteiger partial charge in [0.05, 0.1) is 19.3 Å². The Morgan fingerprint density at radius 3 is 2.86 bits per heavy atom. The molecule has 1 heterocycles. The minimum Gasteiger partial charge on any atom is -0.383 e. The summed E-state index contributed by atoms with van der Waals surface area (Å²) in [6.07, 6.45) is 1.74. The van der Waals surface area contributed by atoms with Crippen LogP contribution in [0, 0.1) is 18.6 Å². The summed E-state index contributed by atoms with van der Waals surface area (Å²) >= 11 is 0. The van der Waals surface area contributed by atoms with Crippen LogP contribution < -0.4 is 5.32 Å². The number of hydrogen-bond acceptors (Lipinski definition) is 3. The normalized spacial score (nSPS) is 11.0. The SMILES string of the molecule is COCCNCc1cnn(Cc2cc(F)ccc2F)c1C. The van der Waals surface area contributed by atoms with E-state index in [4.69, 9.17) is 4.74 Å². The second kappa shape index (κ2) is 7.28. The molecule has 21 heavy (non-hydrogen) atoms. The molecule has 1 aromatic carbocycles. The van der Waals surface area contributed by atoms with Gasteiger partial charge in [0.2, 0.25) is 0 Å². The number of hydrogen-bond donors (Lipinski definition) is 1. The number of halogens is 2. The van der Waals surface area contributed by atoms with Gasteiger partial charge in [-0.05, 0) is 25.1 Å². The van der Waals surface area contributed by atoms with Crippen molar-refractivity contribution in [2.45, 2.75) is 20.0 Å². The van der Waals surface area contributed by atoms with E-state index in [9.17, 15) is 8.78 Å². The van der Waals surface area contributed by atoms with Crippen molar-refractivity contribution in [1.82, 2.24) is 15.1 Å². The fraction of sp³-hybridized carbons (Fsp3) is 0.400. The predicted octanol–water partition coefficient (Wildman–Crippen LogP) is 2.25. The second-order valence-corrected chi connectivity index (χ2v) is 4.82. The molecule has 0 saturated carbocycles. The molecule has 0 aliphatic carbocycles. The molecule has 114 valence electrons. The van der Waals surface area contributed by atoms with E-state index in [0.717, 1.165) is 29.9 Å². The van der Waals surface area contributed by atoms with Crippen molar-refractivity contribution >= 4 is 0 Å². The molecule has 2 aromatic rings. The van der Waals surface area contributed by atoms with E-state index in [-0.39, 0.29) is 6.54 Å². The molecule has 0 atom stereocenters. The lowest BCUT2D eigenvalue weighted by Gasteiger charge is -2.08. The molecule has 0 radical (unpaired) electrons. The largest absolute Gasteiger partial charge is 0.383 e. The average Bonchev–Trinajstić information content (AvgIpc) is 2.80. The Labute approximate surface area is 122 Å². The van der Waals surface area contributed by atoms with Gasteiger partial charge in [-0.25, -0.2) is 8.78 Å². The fourth-order valence-corrected chi connectivity index (χ4v) is 2.04. The highest BCUT2D eigenvalue weighted by atomic mass is 19.1. The molecule has 0 spiro atoms. The van der Waals surface area contributed by atoms with Crippen LogP contribution >= 0.6 is 0 Å². The maximum Gasteiger partial charge on any atom is 0.128 e. The molecule has 0 aliphatic rings. The minimum atomic E-state index is -0.447. The molecule has 1 aromatic heterocycles. The van der Waals surface area contributed by atoms with E-state index < -0.39 is 11.6 Å². The topological polar surface area (TPSA) is 39.1 Å². The van der Waals surface area contributed by atoms with Gasteiger partial charge in [0.1, 0.15) is 11.6 Å². The molecule has 6 heteroatoms. The van der Waals surface area contributed by atoms with Gasteiger partial charge in [0, 0.05) is 37.0 Å². The summed E-state index contributed by atoms with van der Waals surface area (Å²) < 4.78 is 33.5. The Kier molecular flexibility index (Phi) is 5.41. The summed E-state index contributed by atoms with van der Waals surface area (Å²) in [6.45, 7) is 4.19. The molecule has 2 rings (SSSR count). The average molecular weight is 295 g/mol. The third-order valence-electron chi connectivity index (χ3n) is 3.33. The third-order valence-corrected chi connectivity index (χ3v) is 3.33. The number of methoxy groups -OCH3 is 1. The Bertz CT molecular complexity index is 599. The van der Waals surface area contributed by atoms with Crippen LogP contribution in [0.2, 0.25) is 0 Å². The third kappa shape index (κ3) is 4.09. The first-order valence-corrected chi connectivity index (χ1v) is 6.76. The van der Waals surface area contributed by atoms with Gasteiger partial charge in [-0.3, -0.25) is 4.68 Å². The quantitative estimate of drug-likeness (QED) is 0.796. The molecule has 4 nitrogen and oxygen atoms in total. The summed E-state index contributed by atoms with van der Waals surface area (Å²) in [6, 6.07) is 3.45. The maximum absolute atomic E-state index is 13.6.